The molecular weight excluding hydrogens is 241 g/mol. The van der Waals surface area contributed by atoms with Crippen LogP contribution in [0.4, 0.5) is 0 Å². The lowest BCUT2D eigenvalue weighted by atomic mass is 10.8. The van der Waals surface area contributed by atoms with Crippen LogP contribution in [0.5, 0.6) is 0 Å². The van der Waals surface area contributed by atoms with Gasteiger partial charge in [-0.25, -0.2) is 0 Å². The molecule has 0 spiro atoms. The molecule has 0 radical (unpaired) electrons. The van der Waals surface area contributed by atoms with Crippen molar-refractivity contribution in [2.75, 3.05) is 0 Å². The van der Waals surface area contributed by atoms with Crippen molar-refractivity contribution in [3.05, 3.63) is 13.6 Å². The van der Waals surface area contributed by atoms with E-state index in [0.717, 1.165) is 7.52 Å². The Labute approximate surface area is 64.1 Å². The molecular formula is C3H2INS2. The average Bonchev–Trinajstić information content (AvgIpc) is 1.87. The Morgan fingerprint density at radius 1 is 1.86 bits per heavy atom. The van der Waals surface area contributed by atoms with Crippen molar-refractivity contribution in [1.82, 2.24) is 4.37 Å². The molecule has 1 nitrogen and oxygen atoms in total. The van der Waals surface area contributed by atoms with Crippen LogP contribution in [0.1, 0.15) is 0 Å². The molecule has 0 atom stereocenters. The van der Waals surface area contributed by atoms with Crippen LogP contribution in [-0.4, -0.2) is 4.37 Å². The van der Waals surface area contributed by atoms with E-state index < -0.39 is 0 Å². The molecule has 0 aliphatic carbocycles. The third kappa shape index (κ3) is 1.50. The van der Waals surface area contributed by atoms with Crippen LogP contribution in [0.2, 0.25) is 0 Å². The highest BCUT2D eigenvalue weighted by molar-refractivity contribution is 14.1. The highest BCUT2D eigenvalue weighted by Gasteiger charge is 1.82. The summed E-state index contributed by atoms with van der Waals surface area (Å²) in [5.74, 6) is 0. The van der Waals surface area contributed by atoms with Gasteiger partial charge in [0.2, 0.25) is 0 Å². The van der Waals surface area contributed by atoms with Crippen molar-refractivity contribution in [1.29, 1.82) is 0 Å². The quantitative estimate of drug-likeness (QED) is 0.546. The molecule has 1 rings (SSSR count). The molecule has 1 aromatic heterocycles. The number of aromatic amines is 1. The molecule has 0 bridgehead atoms. The van der Waals surface area contributed by atoms with Gasteiger partial charge in [0.15, 0.2) is 0 Å². The summed E-state index contributed by atoms with van der Waals surface area (Å²) in [4.78, 5) is 0. The number of rotatable bonds is 0. The molecule has 1 N–H and O–H groups in total. The van der Waals surface area contributed by atoms with Crippen LogP contribution < -0.4 is 0 Å². The van der Waals surface area contributed by atoms with Gasteiger partial charge in [-0.3, -0.25) is 0 Å². The summed E-state index contributed by atoms with van der Waals surface area (Å²) in [5.41, 5.74) is 0. The molecule has 0 saturated carbocycles. The first-order valence-electron chi connectivity index (χ1n) is 1.63. The van der Waals surface area contributed by atoms with E-state index in [-0.39, 0.29) is 0 Å². The van der Waals surface area contributed by atoms with E-state index >= 15 is 0 Å². The lowest BCUT2D eigenvalue weighted by Gasteiger charge is -1.65. The Kier molecular flexibility index (Phi) is 1.82. The van der Waals surface area contributed by atoms with Gasteiger partial charge in [0.05, 0.1) is 3.70 Å². The molecule has 7 heavy (non-hydrogen) atoms. The summed E-state index contributed by atoms with van der Waals surface area (Å²) in [7, 11) is 0. The first kappa shape index (κ1) is 5.71. The van der Waals surface area contributed by atoms with Crippen molar-refractivity contribution in [2.45, 2.75) is 0 Å². The lowest BCUT2D eigenvalue weighted by Crippen LogP contribution is -1.55. The van der Waals surface area contributed by atoms with Crippen LogP contribution in [0.15, 0.2) is 6.07 Å². The number of hydrogen-bond donors (Lipinski definition) is 1. The van der Waals surface area contributed by atoms with Crippen LogP contribution in [0.25, 0.3) is 0 Å². The standard InChI is InChI=1S/C3H2INS2/c4-2-1-3(6)7-5-2/h1,5H. The lowest BCUT2D eigenvalue weighted by molar-refractivity contribution is 1.49. The molecule has 0 fully saturated rings. The van der Waals surface area contributed by atoms with E-state index in [4.69, 9.17) is 12.2 Å². The second kappa shape index (κ2) is 2.23. The molecule has 0 amide bonds. The average molecular weight is 243 g/mol. The molecule has 1 aromatic rings. The Balaban J connectivity index is 3.30. The van der Waals surface area contributed by atoms with Crippen molar-refractivity contribution in [3.8, 4) is 0 Å². The van der Waals surface area contributed by atoms with Crippen molar-refractivity contribution < 1.29 is 0 Å². The molecule has 0 unspecified atom stereocenters. The largest absolute Gasteiger partial charge is 0.305 e. The van der Waals surface area contributed by atoms with Crippen LogP contribution in [0.3, 0.4) is 0 Å². The van der Waals surface area contributed by atoms with Gasteiger partial charge in [0, 0.05) is 0 Å². The normalized spacial score (nSPS) is 9.29. The molecule has 0 aliphatic rings. The van der Waals surface area contributed by atoms with E-state index in [1.54, 1.807) is 0 Å². The maximum absolute atomic E-state index is 4.82. The second-order valence-corrected chi connectivity index (χ2v) is 3.72. The molecule has 4 heteroatoms. The van der Waals surface area contributed by atoms with Crippen LogP contribution in [-0.2, 0) is 0 Å². The number of nitrogens with one attached hydrogen (secondary N) is 1. The van der Waals surface area contributed by atoms with E-state index in [9.17, 15) is 0 Å². The highest BCUT2D eigenvalue weighted by Crippen LogP contribution is 2.04. The van der Waals surface area contributed by atoms with Gasteiger partial charge in [-0.1, -0.05) is 12.2 Å². The highest BCUT2D eigenvalue weighted by atomic mass is 127. The Morgan fingerprint density at radius 3 is 2.71 bits per heavy atom. The zero-order valence-electron chi connectivity index (χ0n) is 3.27. The number of hydrogen-bond acceptors (Lipinski definition) is 2. The van der Waals surface area contributed by atoms with E-state index in [2.05, 4.69) is 27.0 Å². The van der Waals surface area contributed by atoms with Gasteiger partial charge in [0.25, 0.3) is 0 Å². The topological polar surface area (TPSA) is 15.8 Å². The summed E-state index contributed by atoms with van der Waals surface area (Å²) < 4.78 is 5.03. The van der Waals surface area contributed by atoms with Gasteiger partial charge < -0.3 is 4.37 Å². The second-order valence-electron chi connectivity index (χ2n) is 1.02. The fourth-order valence-corrected chi connectivity index (χ4v) is 2.00. The smallest absolute Gasteiger partial charge is 0.110 e. The molecule has 0 aromatic carbocycles. The van der Waals surface area contributed by atoms with Gasteiger partial charge in [-0.15, -0.1) is 0 Å². The summed E-state index contributed by atoms with van der Waals surface area (Å²) >= 11 is 8.49. The van der Waals surface area contributed by atoms with E-state index in [1.165, 1.54) is 11.5 Å². The summed E-state index contributed by atoms with van der Waals surface area (Å²) in [6.07, 6.45) is 0. The fourth-order valence-electron chi connectivity index (χ4n) is 0.261. The minimum atomic E-state index is 0.921. The van der Waals surface area contributed by atoms with Crippen LogP contribution >= 0.6 is 46.3 Å². The third-order valence-electron chi connectivity index (χ3n) is 0.494. The first-order chi connectivity index (χ1) is 3.29. The first-order valence-corrected chi connectivity index (χ1v) is 3.93. The molecule has 0 aliphatic heterocycles. The minimum Gasteiger partial charge on any atom is -0.305 e. The number of H-pyrrole nitrogens is 1. The van der Waals surface area contributed by atoms with Gasteiger partial charge in [-0.05, 0) is 40.2 Å². The van der Waals surface area contributed by atoms with Gasteiger partial charge in [0.1, 0.15) is 3.82 Å². The summed E-state index contributed by atoms with van der Waals surface area (Å²) in [5, 5.41) is 0. The third-order valence-corrected chi connectivity index (χ3v) is 2.45. The fraction of sp³-hybridized carbons (Fsp3) is 0. The van der Waals surface area contributed by atoms with Gasteiger partial charge in [-0.2, -0.15) is 0 Å². The monoisotopic (exact) mass is 243 g/mol. The zero-order valence-corrected chi connectivity index (χ0v) is 7.06. The van der Waals surface area contributed by atoms with Crippen LogP contribution in [0, 0.1) is 7.52 Å². The maximum Gasteiger partial charge on any atom is 0.110 e. The number of halogens is 1. The predicted octanol–water partition coefficient (Wildman–Crippen LogP) is 2.41. The number of aromatic nitrogens is 1. The summed E-state index contributed by atoms with van der Waals surface area (Å²) in [6, 6.07) is 1.93. The Morgan fingerprint density at radius 2 is 2.57 bits per heavy atom. The van der Waals surface area contributed by atoms with Crippen molar-refractivity contribution in [2.24, 2.45) is 0 Å². The molecule has 0 saturated heterocycles. The minimum absolute atomic E-state index is 0.921. The Bertz CT molecular complexity index is 201. The van der Waals surface area contributed by atoms with Crippen molar-refractivity contribution >= 4 is 46.3 Å². The van der Waals surface area contributed by atoms with Crippen molar-refractivity contribution in [3.63, 3.8) is 0 Å². The SMILES string of the molecule is S=c1cc(I)[nH]s1. The molecule has 1 heterocycles. The maximum atomic E-state index is 4.82. The van der Waals surface area contributed by atoms with E-state index in [0.29, 0.717) is 0 Å². The predicted molar refractivity (Wildman–Crippen MR) is 42.2 cm³/mol. The Hall–Kier alpha value is 0.580. The van der Waals surface area contributed by atoms with E-state index in [1.807, 2.05) is 6.07 Å². The summed E-state index contributed by atoms with van der Waals surface area (Å²) in [6.45, 7) is 0. The molecule has 38 valence electrons. The van der Waals surface area contributed by atoms with Gasteiger partial charge >= 0.3 is 0 Å². The zero-order chi connectivity index (χ0) is 5.28.